The molecule has 2 aliphatic carbocycles. The zero-order valence-electron chi connectivity index (χ0n) is 29.5. The van der Waals surface area contributed by atoms with Gasteiger partial charge in [-0.25, -0.2) is 17.8 Å². The number of hydrogen-bond acceptors (Lipinski definition) is 9. The van der Waals surface area contributed by atoms with Gasteiger partial charge in [-0.2, -0.15) is 0 Å². The molecule has 6 atom stereocenters. The number of carbonyl (C=O) groups is 3. The molecule has 1 aromatic carbocycles. The van der Waals surface area contributed by atoms with Crippen molar-refractivity contribution < 1.29 is 41.8 Å². The van der Waals surface area contributed by atoms with Gasteiger partial charge in [-0.1, -0.05) is 32.4 Å². The van der Waals surface area contributed by atoms with Crippen LogP contribution in [-0.4, -0.2) is 84.3 Å². The normalized spacial score (nSPS) is 29.3. The minimum Gasteiger partial charge on any atom is -0.494 e. The number of allylic oxidation sites excluding steroid dienone is 1. The second-order valence-electron chi connectivity index (χ2n) is 15.1. The first-order valence-electron chi connectivity index (χ1n) is 18.0. The fraction of sp³-hybridized carbons (Fsp3) is 0.622. The largest absolute Gasteiger partial charge is 0.494 e. The summed E-state index contributed by atoms with van der Waals surface area (Å²) in [5, 5.41) is 13.9. The summed E-state index contributed by atoms with van der Waals surface area (Å²) in [5.41, 5.74) is -1.01. The molecule has 51 heavy (non-hydrogen) atoms. The summed E-state index contributed by atoms with van der Waals surface area (Å²) in [6, 6.07) is 3.79. The van der Waals surface area contributed by atoms with Crippen LogP contribution >= 0.6 is 0 Å². The van der Waals surface area contributed by atoms with Crippen LogP contribution in [0.5, 0.6) is 11.6 Å². The van der Waals surface area contributed by atoms with Gasteiger partial charge in [-0.15, -0.1) is 0 Å². The number of sulfonamides is 1. The summed E-state index contributed by atoms with van der Waals surface area (Å²) in [7, 11) is -2.70. The van der Waals surface area contributed by atoms with Crippen LogP contribution in [-0.2, 0) is 24.4 Å². The van der Waals surface area contributed by atoms with Gasteiger partial charge in [-0.05, 0) is 80.4 Å². The number of rotatable bonds is 10. The molecule has 3 heterocycles. The van der Waals surface area contributed by atoms with Crippen molar-refractivity contribution in [3.05, 3.63) is 42.4 Å². The van der Waals surface area contributed by atoms with E-state index in [0.717, 1.165) is 25.7 Å². The van der Waals surface area contributed by atoms with E-state index in [-0.39, 0.29) is 67.7 Å². The first-order valence-corrected chi connectivity index (χ1v) is 19.5. The van der Waals surface area contributed by atoms with Crippen molar-refractivity contribution in [2.75, 3.05) is 26.9 Å². The van der Waals surface area contributed by atoms with E-state index in [0.29, 0.717) is 36.0 Å². The number of aliphatic hydroxyl groups excluding tert-OH is 1. The van der Waals surface area contributed by atoms with Crippen molar-refractivity contribution in [1.82, 2.24) is 19.9 Å². The Labute approximate surface area is 298 Å². The Bertz CT molecular complexity index is 1800. The van der Waals surface area contributed by atoms with Crippen LogP contribution in [0.1, 0.15) is 78.1 Å². The Hall–Kier alpha value is -3.78. The lowest BCUT2D eigenvalue weighted by atomic mass is 9.88. The van der Waals surface area contributed by atoms with Crippen molar-refractivity contribution >= 4 is 38.5 Å². The molecule has 3 fully saturated rings. The quantitative estimate of drug-likeness (QED) is 0.307. The highest BCUT2D eigenvalue weighted by molar-refractivity contribution is 7.91. The summed E-state index contributed by atoms with van der Waals surface area (Å²) < 4.78 is 52.5. The van der Waals surface area contributed by atoms with E-state index in [1.165, 1.54) is 13.2 Å². The third-order valence-electron chi connectivity index (χ3n) is 11.3. The minimum absolute atomic E-state index is 0.103. The van der Waals surface area contributed by atoms with E-state index in [1.54, 1.807) is 23.2 Å². The van der Waals surface area contributed by atoms with Crippen molar-refractivity contribution in [3.8, 4) is 11.6 Å². The van der Waals surface area contributed by atoms with Crippen LogP contribution in [0, 0.1) is 29.5 Å². The van der Waals surface area contributed by atoms with Crippen molar-refractivity contribution in [2.24, 2.45) is 23.7 Å². The SMILES string of the molecule is CCC1CC(=O)N2CC(COc3nccc4cc(OC)c(F)cc34)CC2C(=O)NC2(CC(=O)NS(=O)(=O)C3(CO)CC3)CC2C=CCCC(C)C1. The molecule has 2 saturated carbocycles. The fourth-order valence-corrected chi connectivity index (χ4v) is 9.21. The van der Waals surface area contributed by atoms with Crippen LogP contribution in [0.4, 0.5) is 4.39 Å². The maximum absolute atomic E-state index is 14.6. The van der Waals surface area contributed by atoms with Crippen molar-refractivity contribution in [2.45, 2.75) is 94.4 Å². The van der Waals surface area contributed by atoms with Gasteiger partial charge in [0, 0.05) is 36.4 Å². The first-order chi connectivity index (χ1) is 24.3. The Balaban J connectivity index is 1.22. The molecule has 278 valence electrons. The molecule has 14 heteroatoms. The van der Waals surface area contributed by atoms with Gasteiger partial charge in [0.1, 0.15) is 10.8 Å². The molecule has 0 radical (unpaired) electrons. The number of ether oxygens (including phenoxy) is 2. The summed E-state index contributed by atoms with van der Waals surface area (Å²) in [6.45, 7) is 4.09. The van der Waals surface area contributed by atoms with E-state index in [9.17, 15) is 32.3 Å². The molecule has 4 aliphatic rings. The number of fused-ring (bicyclic) bond motifs is 3. The third-order valence-corrected chi connectivity index (χ3v) is 13.5. The number of carbonyl (C=O) groups excluding carboxylic acids is 3. The topological polar surface area (TPSA) is 164 Å². The molecule has 1 saturated heterocycles. The Morgan fingerprint density at radius 2 is 2.00 bits per heavy atom. The highest BCUT2D eigenvalue weighted by atomic mass is 32.2. The molecule has 2 aliphatic heterocycles. The molecule has 2 aromatic rings. The number of pyridine rings is 1. The molecular weight excluding hydrogens is 679 g/mol. The number of benzene rings is 1. The van der Waals surface area contributed by atoms with Gasteiger partial charge < -0.3 is 24.8 Å². The minimum atomic E-state index is -4.09. The zero-order valence-corrected chi connectivity index (χ0v) is 30.3. The second-order valence-corrected chi connectivity index (χ2v) is 17.2. The number of aliphatic hydroxyl groups is 1. The van der Waals surface area contributed by atoms with Crippen LogP contribution in [0.3, 0.4) is 0 Å². The first kappa shape index (κ1) is 37.0. The average Bonchev–Trinajstić information content (AvgIpc) is 3.98. The summed E-state index contributed by atoms with van der Waals surface area (Å²) >= 11 is 0. The maximum atomic E-state index is 14.6. The molecule has 6 rings (SSSR count). The molecule has 0 bridgehead atoms. The molecule has 1 aromatic heterocycles. The Morgan fingerprint density at radius 3 is 2.71 bits per heavy atom. The monoisotopic (exact) mass is 728 g/mol. The number of aromatic nitrogens is 1. The van der Waals surface area contributed by atoms with E-state index >= 15 is 0 Å². The van der Waals surface area contributed by atoms with E-state index in [4.69, 9.17) is 9.47 Å². The Kier molecular flexibility index (Phi) is 10.7. The van der Waals surface area contributed by atoms with Crippen LogP contribution in [0.2, 0.25) is 0 Å². The Morgan fingerprint density at radius 1 is 1.22 bits per heavy atom. The fourth-order valence-electron chi connectivity index (χ4n) is 7.81. The molecule has 6 unspecified atom stereocenters. The lowest BCUT2D eigenvalue weighted by Crippen LogP contribution is -2.52. The van der Waals surface area contributed by atoms with Gasteiger partial charge >= 0.3 is 0 Å². The van der Waals surface area contributed by atoms with Crippen LogP contribution in [0.15, 0.2) is 36.5 Å². The number of methoxy groups -OCH3 is 1. The number of nitrogens with zero attached hydrogens (tertiary/aromatic N) is 2. The summed E-state index contributed by atoms with van der Waals surface area (Å²) in [5.74, 6) is -1.37. The summed E-state index contributed by atoms with van der Waals surface area (Å²) in [6.07, 6.45) is 10.4. The zero-order chi connectivity index (χ0) is 36.6. The van der Waals surface area contributed by atoms with Gasteiger partial charge in [-0.3, -0.25) is 19.1 Å². The average molecular weight is 729 g/mol. The molecule has 0 spiro atoms. The van der Waals surface area contributed by atoms with Crippen LogP contribution in [0.25, 0.3) is 10.8 Å². The van der Waals surface area contributed by atoms with Crippen LogP contribution < -0.4 is 19.5 Å². The lowest BCUT2D eigenvalue weighted by molar-refractivity contribution is -0.140. The predicted molar refractivity (Wildman–Crippen MR) is 188 cm³/mol. The molecular formula is C37H49FN4O8S. The van der Waals surface area contributed by atoms with Gasteiger partial charge in [0.15, 0.2) is 11.6 Å². The van der Waals surface area contributed by atoms with Crippen molar-refractivity contribution in [3.63, 3.8) is 0 Å². The lowest BCUT2D eigenvalue weighted by Gasteiger charge is -2.28. The standard InChI is InChI=1S/C37H49FN4O8S/c1-4-24-13-23(2)7-5-6-8-27-18-37(27,19-32(44)41-51(47,48)36(22-43)10-11-36)40-34(46)30-14-25(20-42(30)33(45)15-24)21-50-35-28-17-29(38)31(49-3)16-26(28)9-12-39-35/h6,8-9,12,16-17,23-25,27,30,43H,4-5,7,10-11,13-15,18-22H2,1-3H3,(H,40,46)(H,41,44). The van der Waals surface area contributed by atoms with E-state index < -0.39 is 50.6 Å². The smallest absolute Gasteiger partial charge is 0.243 e. The summed E-state index contributed by atoms with van der Waals surface area (Å²) in [4.78, 5) is 47.3. The molecule has 3 N–H and O–H groups in total. The molecule has 3 amide bonds. The maximum Gasteiger partial charge on any atom is 0.243 e. The predicted octanol–water partition coefficient (Wildman–Crippen LogP) is 4.01. The second kappa shape index (κ2) is 14.7. The highest BCUT2D eigenvalue weighted by Gasteiger charge is 2.58. The molecule has 12 nitrogen and oxygen atoms in total. The van der Waals surface area contributed by atoms with Gasteiger partial charge in [0.05, 0.1) is 32.3 Å². The number of amides is 3. The van der Waals surface area contributed by atoms with E-state index in [1.807, 2.05) is 6.08 Å². The van der Waals surface area contributed by atoms with E-state index in [2.05, 4.69) is 34.9 Å². The van der Waals surface area contributed by atoms with Gasteiger partial charge in [0.25, 0.3) is 0 Å². The number of nitrogens with one attached hydrogen (secondary N) is 2. The van der Waals surface area contributed by atoms with Gasteiger partial charge in [0.2, 0.25) is 33.6 Å². The highest BCUT2D eigenvalue weighted by Crippen LogP contribution is 2.48. The number of hydrogen-bond donors (Lipinski definition) is 3. The van der Waals surface area contributed by atoms with Crippen molar-refractivity contribution in [1.29, 1.82) is 0 Å². The number of halogens is 1. The third kappa shape index (κ3) is 7.86.